The molecule has 1 aromatic carbocycles. The van der Waals surface area contributed by atoms with Crippen LogP contribution in [-0.4, -0.2) is 18.1 Å². The van der Waals surface area contributed by atoms with Crippen LogP contribution in [0.4, 0.5) is 5.69 Å². The topological polar surface area (TPSA) is 42.1 Å². The standard InChI is InChI=1S/C14H16BrN3/c15-12-4-3-6-14(10-12)18(9-7-16)11-13-5-1-2-8-17-13/h1-6,8,10H,7,9,11,16H2. The highest BCUT2D eigenvalue weighted by atomic mass is 79.9. The number of hydrogen-bond donors (Lipinski definition) is 1. The van der Waals surface area contributed by atoms with Gasteiger partial charge in [-0.25, -0.2) is 0 Å². The van der Waals surface area contributed by atoms with Crippen molar-refractivity contribution in [3.63, 3.8) is 0 Å². The zero-order chi connectivity index (χ0) is 12.8. The van der Waals surface area contributed by atoms with Crippen molar-refractivity contribution in [1.82, 2.24) is 4.98 Å². The van der Waals surface area contributed by atoms with Gasteiger partial charge >= 0.3 is 0 Å². The average Bonchev–Trinajstić information content (AvgIpc) is 2.39. The normalized spacial score (nSPS) is 10.3. The molecule has 0 amide bonds. The Morgan fingerprint density at radius 3 is 2.72 bits per heavy atom. The molecule has 2 N–H and O–H groups in total. The van der Waals surface area contributed by atoms with Gasteiger partial charge in [0, 0.05) is 29.4 Å². The quantitative estimate of drug-likeness (QED) is 0.923. The molecule has 1 aromatic heterocycles. The fourth-order valence-electron chi connectivity index (χ4n) is 1.82. The van der Waals surface area contributed by atoms with Crippen molar-refractivity contribution in [2.24, 2.45) is 5.73 Å². The van der Waals surface area contributed by atoms with E-state index in [1.54, 1.807) is 0 Å². The van der Waals surface area contributed by atoms with E-state index < -0.39 is 0 Å². The molecule has 0 saturated carbocycles. The maximum absolute atomic E-state index is 5.68. The Morgan fingerprint density at radius 2 is 2.06 bits per heavy atom. The van der Waals surface area contributed by atoms with Gasteiger partial charge in [-0.05, 0) is 30.3 Å². The van der Waals surface area contributed by atoms with E-state index in [2.05, 4.69) is 37.9 Å². The first-order chi connectivity index (χ1) is 8.79. The summed E-state index contributed by atoms with van der Waals surface area (Å²) < 4.78 is 1.07. The van der Waals surface area contributed by atoms with Gasteiger partial charge in [0.25, 0.3) is 0 Å². The smallest absolute Gasteiger partial charge is 0.0602 e. The van der Waals surface area contributed by atoms with Crippen LogP contribution in [0.2, 0.25) is 0 Å². The first-order valence-electron chi connectivity index (χ1n) is 5.90. The van der Waals surface area contributed by atoms with E-state index in [-0.39, 0.29) is 0 Å². The molecule has 0 aliphatic carbocycles. The van der Waals surface area contributed by atoms with E-state index >= 15 is 0 Å². The van der Waals surface area contributed by atoms with Crippen molar-refractivity contribution in [2.75, 3.05) is 18.0 Å². The van der Waals surface area contributed by atoms with Crippen LogP contribution in [-0.2, 0) is 6.54 Å². The van der Waals surface area contributed by atoms with Crippen molar-refractivity contribution in [1.29, 1.82) is 0 Å². The number of aromatic nitrogens is 1. The van der Waals surface area contributed by atoms with Gasteiger partial charge in [-0.15, -0.1) is 0 Å². The molecule has 0 bridgehead atoms. The number of rotatable bonds is 5. The SMILES string of the molecule is NCCN(Cc1ccccn1)c1cccc(Br)c1. The number of hydrogen-bond acceptors (Lipinski definition) is 3. The van der Waals surface area contributed by atoms with Crippen LogP contribution in [0.1, 0.15) is 5.69 Å². The van der Waals surface area contributed by atoms with Crippen LogP contribution >= 0.6 is 15.9 Å². The first-order valence-corrected chi connectivity index (χ1v) is 6.69. The largest absolute Gasteiger partial charge is 0.364 e. The molecule has 0 aliphatic heterocycles. The summed E-state index contributed by atoms with van der Waals surface area (Å²) in [6.07, 6.45) is 1.82. The van der Waals surface area contributed by atoms with Crippen molar-refractivity contribution in [3.8, 4) is 0 Å². The number of benzene rings is 1. The van der Waals surface area contributed by atoms with Crippen LogP contribution < -0.4 is 10.6 Å². The summed E-state index contributed by atoms with van der Waals surface area (Å²) in [7, 11) is 0. The van der Waals surface area contributed by atoms with E-state index in [4.69, 9.17) is 5.73 Å². The Labute approximate surface area is 116 Å². The van der Waals surface area contributed by atoms with Gasteiger partial charge in [0.2, 0.25) is 0 Å². The molecular weight excluding hydrogens is 290 g/mol. The van der Waals surface area contributed by atoms with E-state index in [0.29, 0.717) is 6.54 Å². The molecule has 0 atom stereocenters. The third-order valence-electron chi connectivity index (χ3n) is 2.65. The van der Waals surface area contributed by atoms with Crippen LogP contribution in [0.5, 0.6) is 0 Å². The van der Waals surface area contributed by atoms with E-state index in [0.717, 1.165) is 28.9 Å². The van der Waals surface area contributed by atoms with Crippen LogP contribution in [0.15, 0.2) is 53.1 Å². The predicted octanol–water partition coefficient (Wildman–Crippen LogP) is 2.81. The van der Waals surface area contributed by atoms with Gasteiger partial charge in [0.1, 0.15) is 0 Å². The highest BCUT2D eigenvalue weighted by Crippen LogP contribution is 2.21. The van der Waals surface area contributed by atoms with Gasteiger partial charge in [-0.1, -0.05) is 28.1 Å². The number of nitrogens with two attached hydrogens (primary N) is 1. The summed E-state index contributed by atoms with van der Waals surface area (Å²) in [5.74, 6) is 0. The molecule has 0 radical (unpaired) electrons. The fourth-order valence-corrected chi connectivity index (χ4v) is 2.20. The average molecular weight is 306 g/mol. The molecule has 2 aromatic rings. The van der Waals surface area contributed by atoms with Gasteiger partial charge in [0.15, 0.2) is 0 Å². The molecule has 0 aliphatic rings. The molecular formula is C14H16BrN3. The van der Waals surface area contributed by atoms with Crippen molar-refractivity contribution < 1.29 is 0 Å². The van der Waals surface area contributed by atoms with Crippen LogP contribution in [0.3, 0.4) is 0 Å². The predicted molar refractivity (Wildman–Crippen MR) is 78.5 cm³/mol. The fraction of sp³-hybridized carbons (Fsp3) is 0.214. The summed E-state index contributed by atoms with van der Waals surface area (Å²) in [5.41, 5.74) is 7.89. The third kappa shape index (κ3) is 3.55. The summed E-state index contributed by atoms with van der Waals surface area (Å²) in [4.78, 5) is 6.58. The Balaban J connectivity index is 2.18. The number of nitrogens with zero attached hydrogens (tertiary/aromatic N) is 2. The second kappa shape index (κ2) is 6.52. The Kier molecular flexibility index (Phi) is 4.73. The summed E-state index contributed by atoms with van der Waals surface area (Å²) >= 11 is 3.49. The summed E-state index contributed by atoms with van der Waals surface area (Å²) in [5, 5.41) is 0. The lowest BCUT2D eigenvalue weighted by Crippen LogP contribution is -2.29. The van der Waals surface area contributed by atoms with Crippen LogP contribution in [0.25, 0.3) is 0 Å². The zero-order valence-electron chi connectivity index (χ0n) is 10.1. The number of pyridine rings is 1. The van der Waals surface area contributed by atoms with Crippen molar-refractivity contribution in [2.45, 2.75) is 6.54 Å². The lowest BCUT2D eigenvalue weighted by Gasteiger charge is -2.24. The maximum atomic E-state index is 5.68. The third-order valence-corrected chi connectivity index (χ3v) is 3.14. The summed E-state index contributed by atoms with van der Waals surface area (Å²) in [6.45, 7) is 2.21. The highest BCUT2D eigenvalue weighted by molar-refractivity contribution is 9.10. The molecule has 4 heteroatoms. The molecule has 0 spiro atoms. The molecule has 0 fully saturated rings. The molecule has 0 unspecified atom stereocenters. The van der Waals surface area contributed by atoms with E-state index in [9.17, 15) is 0 Å². The minimum Gasteiger partial charge on any atom is -0.364 e. The molecule has 0 saturated heterocycles. The Hall–Kier alpha value is -1.39. The highest BCUT2D eigenvalue weighted by Gasteiger charge is 2.07. The molecule has 1 heterocycles. The first kappa shape index (κ1) is 13.1. The van der Waals surface area contributed by atoms with Crippen molar-refractivity contribution in [3.05, 3.63) is 58.8 Å². The monoisotopic (exact) mass is 305 g/mol. The minimum absolute atomic E-state index is 0.624. The second-order valence-corrected chi connectivity index (χ2v) is 4.93. The minimum atomic E-state index is 0.624. The molecule has 2 rings (SSSR count). The van der Waals surface area contributed by atoms with E-state index in [1.807, 2.05) is 36.5 Å². The molecule has 94 valence electrons. The Bertz CT molecular complexity index is 487. The van der Waals surface area contributed by atoms with Gasteiger partial charge in [0.05, 0.1) is 12.2 Å². The number of halogens is 1. The lowest BCUT2D eigenvalue weighted by molar-refractivity contribution is 0.774. The second-order valence-electron chi connectivity index (χ2n) is 4.01. The Morgan fingerprint density at radius 1 is 1.17 bits per heavy atom. The molecule has 18 heavy (non-hydrogen) atoms. The van der Waals surface area contributed by atoms with Crippen LogP contribution in [0, 0.1) is 0 Å². The van der Waals surface area contributed by atoms with Gasteiger partial charge < -0.3 is 10.6 Å². The van der Waals surface area contributed by atoms with Gasteiger partial charge in [-0.2, -0.15) is 0 Å². The molecule has 3 nitrogen and oxygen atoms in total. The summed E-state index contributed by atoms with van der Waals surface area (Å²) in [6, 6.07) is 14.2. The zero-order valence-corrected chi connectivity index (χ0v) is 11.7. The lowest BCUT2D eigenvalue weighted by atomic mass is 10.2. The van der Waals surface area contributed by atoms with E-state index in [1.165, 1.54) is 0 Å². The maximum Gasteiger partial charge on any atom is 0.0602 e. The van der Waals surface area contributed by atoms with Gasteiger partial charge in [-0.3, -0.25) is 4.98 Å². The number of anilines is 1. The van der Waals surface area contributed by atoms with Crippen molar-refractivity contribution >= 4 is 21.6 Å².